The fraction of sp³-hybridized carbons (Fsp3) is 0.368. The van der Waals surface area contributed by atoms with Crippen LogP contribution in [0.3, 0.4) is 0 Å². The van der Waals surface area contributed by atoms with E-state index in [1.165, 1.54) is 6.33 Å². The molecule has 0 radical (unpaired) electrons. The third kappa shape index (κ3) is 3.67. The number of alkyl halides is 3. The summed E-state index contributed by atoms with van der Waals surface area (Å²) in [4.78, 5) is 30.4. The Morgan fingerprint density at radius 1 is 1.23 bits per heavy atom. The number of aromatic nitrogens is 4. The number of anilines is 2. The van der Waals surface area contributed by atoms with E-state index in [1.807, 2.05) is 6.07 Å². The lowest BCUT2D eigenvalue weighted by molar-refractivity contribution is -0.137. The average Bonchev–Trinajstić information content (AvgIpc) is 3.22. The molecule has 4 N–H and O–H groups in total. The minimum atomic E-state index is -4.51. The van der Waals surface area contributed by atoms with E-state index in [2.05, 4.69) is 30.2 Å². The molecule has 0 spiro atoms. The number of pyridine rings is 1. The number of nitrogens with two attached hydrogens (primary N) is 1. The molecule has 1 aliphatic rings. The number of nitrogens with one attached hydrogen (secondary N) is 2. The Morgan fingerprint density at radius 3 is 2.70 bits per heavy atom. The first-order chi connectivity index (χ1) is 14.3. The Kier molecular flexibility index (Phi) is 5.06. The Bertz CT molecular complexity index is 1060. The number of hydrogen-bond donors (Lipinski definition) is 3. The van der Waals surface area contributed by atoms with Gasteiger partial charge in [-0.25, -0.2) is 15.0 Å². The monoisotopic (exact) mass is 419 g/mol. The van der Waals surface area contributed by atoms with E-state index < -0.39 is 23.1 Å². The van der Waals surface area contributed by atoms with Crippen LogP contribution in [0.5, 0.6) is 0 Å². The van der Waals surface area contributed by atoms with Gasteiger partial charge in [0.1, 0.15) is 23.6 Å². The highest BCUT2D eigenvalue weighted by Crippen LogP contribution is 2.35. The van der Waals surface area contributed by atoms with Crippen LogP contribution in [-0.2, 0) is 11.0 Å². The Morgan fingerprint density at radius 2 is 2.00 bits per heavy atom. The zero-order chi connectivity index (χ0) is 21.4. The molecule has 30 heavy (non-hydrogen) atoms. The molecule has 4 heterocycles. The topological polar surface area (TPSA) is 113 Å². The fourth-order valence-corrected chi connectivity index (χ4v) is 3.71. The molecule has 1 saturated heterocycles. The third-order valence-electron chi connectivity index (χ3n) is 5.55. The van der Waals surface area contributed by atoms with E-state index in [1.54, 1.807) is 6.20 Å². The van der Waals surface area contributed by atoms with Crippen molar-refractivity contribution in [3.05, 3.63) is 42.5 Å². The molecule has 1 amide bonds. The summed E-state index contributed by atoms with van der Waals surface area (Å²) in [6.07, 6.45) is 0.639. The number of hydrogen-bond acceptors (Lipinski definition) is 6. The van der Waals surface area contributed by atoms with Crippen LogP contribution < -0.4 is 16.0 Å². The second-order valence-electron chi connectivity index (χ2n) is 7.29. The molecule has 0 aromatic carbocycles. The molecule has 11 heteroatoms. The van der Waals surface area contributed by atoms with Crippen molar-refractivity contribution in [2.75, 3.05) is 29.9 Å². The Hall–Kier alpha value is -3.21. The average molecular weight is 419 g/mol. The van der Waals surface area contributed by atoms with Crippen LogP contribution in [-0.4, -0.2) is 45.5 Å². The zero-order valence-corrected chi connectivity index (χ0v) is 15.9. The summed E-state index contributed by atoms with van der Waals surface area (Å²) >= 11 is 0. The van der Waals surface area contributed by atoms with Crippen molar-refractivity contribution >= 4 is 28.6 Å². The fourth-order valence-electron chi connectivity index (χ4n) is 3.71. The van der Waals surface area contributed by atoms with Gasteiger partial charge in [-0.1, -0.05) is 0 Å². The van der Waals surface area contributed by atoms with Crippen molar-refractivity contribution in [3.8, 4) is 0 Å². The number of H-pyrrole nitrogens is 1. The number of piperidine rings is 1. The maximum absolute atomic E-state index is 12.9. The minimum absolute atomic E-state index is 0.0783. The lowest BCUT2D eigenvalue weighted by Crippen LogP contribution is -2.50. The lowest BCUT2D eigenvalue weighted by atomic mass is 9.77. The summed E-state index contributed by atoms with van der Waals surface area (Å²) in [5.74, 6) is 0.202. The molecular weight excluding hydrogens is 399 g/mol. The molecule has 0 unspecified atom stereocenters. The highest BCUT2D eigenvalue weighted by molar-refractivity contribution is 5.95. The molecular formula is C19H20F3N7O. The quantitative estimate of drug-likeness (QED) is 0.599. The van der Waals surface area contributed by atoms with E-state index in [0.717, 1.165) is 35.2 Å². The lowest BCUT2D eigenvalue weighted by Gasteiger charge is -2.40. The van der Waals surface area contributed by atoms with E-state index >= 15 is 0 Å². The Balaban J connectivity index is 1.49. The number of carbonyl (C=O) groups excluding carboxylic acids is 1. The summed E-state index contributed by atoms with van der Waals surface area (Å²) in [6.45, 7) is 1.13. The molecule has 0 aliphatic carbocycles. The van der Waals surface area contributed by atoms with Gasteiger partial charge >= 0.3 is 6.18 Å². The van der Waals surface area contributed by atoms with Crippen molar-refractivity contribution in [1.82, 2.24) is 19.9 Å². The molecule has 0 atom stereocenters. The highest BCUT2D eigenvalue weighted by atomic mass is 19.4. The molecule has 158 valence electrons. The van der Waals surface area contributed by atoms with E-state index in [4.69, 9.17) is 5.73 Å². The second-order valence-corrected chi connectivity index (χ2v) is 7.29. The largest absolute Gasteiger partial charge is 0.416 e. The van der Waals surface area contributed by atoms with E-state index in [9.17, 15) is 18.0 Å². The molecule has 8 nitrogen and oxygen atoms in total. The van der Waals surface area contributed by atoms with Crippen molar-refractivity contribution in [3.63, 3.8) is 0 Å². The van der Waals surface area contributed by atoms with Crippen LogP contribution in [0.15, 0.2) is 36.9 Å². The molecule has 0 bridgehead atoms. The smallest absolute Gasteiger partial charge is 0.356 e. The first-order valence-corrected chi connectivity index (χ1v) is 9.40. The summed E-state index contributed by atoms with van der Waals surface area (Å²) < 4.78 is 38.7. The zero-order valence-electron chi connectivity index (χ0n) is 15.9. The molecule has 1 fully saturated rings. The van der Waals surface area contributed by atoms with Gasteiger partial charge in [-0.05, 0) is 31.0 Å². The predicted octanol–water partition coefficient (Wildman–Crippen LogP) is 2.56. The number of aromatic amines is 1. The summed E-state index contributed by atoms with van der Waals surface area (Å²) in [5.41, 5.74) is 4.90. The van der Waals surface area contributed by atoms with Gasteiger partial charge in [-0.3, -0.25) is 4.79 Å². The van der Waals surface area contributed by atoms with Gasteiger partial charge in [0.2, 0.25) is 5.91 Å². The number of amides is 1. The van der Waals surface area contributed by atoms with Crippen LogP contribution in [0.2, 0.25) is 0 Å². The standard InChI is InChI=1S/C19H20F3N7O/c20-19(21,22)12-1-5-24-14(9-12)28-17(30)18(10-23)3-7-29(8-4-18)16-13-2-6-25-15(13)26-11-27-16/h1-2,5-6,9,11H,3-4,7-8,10,23H2,(H,24,28,30)(H,25,26,27). The van der Waals surface area contributed by atoms with Crippen LogP contribution in [0, 0.1) is 5.41 Å². The molecule has 4 rings (SSSR count). The van der Waals surface area contributed by atoms with E-state index in [0.29, 0.717) is 25.9 Å². The van der Waals surface area contributed by atoms with Gasteiger partial charge < -0.3 is 20.9 Å². The van der Waals surface area contributed by atoms with Gasteiger partial charge in [-0.15, -0.1) is 0 Å². The second kappa shape index (κ2) is 7.56. The minimum Gasteiger partial charge on any atom is -0.356 e. The van der Waals surface area contributed by atoms with Crippen molar-refractivity contribution in [2.24, 2.45) is 11.1 Å². The van der Waals surface area contributed by atoms with Crippen molar-refractivity contribution < 1.29 is 18.0 Å². The van der Waals surface area contributed by atoms with Gasteiger partial charge in [0, 0.05) is 32.0 Å². The normalized spacial score (nSPS) is 16.6. The molecule has 1 aliphatic heterocycles. The maximum Gasteiger partial charge on any atom is 0.416 e. The van der Waals surface area contributed by atoms with Gasteiger partial charge in [0.25, 0.3) is 0 Å². The highest BCUT2D eigenvalue weighted by Gasteiger charge is 2.41. The molecule has 0 saturated carbocycles. The van der Waals surface area contributed by atoms with Gasteiger partial charge in [0.15, 0.2) is 0 Å². The van der Waals surface area contributed by atoms with Crippen molar-refractivity contribution in [1.29, 1.82) is 0 Å². The SMILES string of the molecule is NCC1(C(=O)Nc2cc(C(F)(F)F)ccn2)CCN(c2ncnc3[nH]ccc23)CC1. The molecule has 3 aromatic heterocycles. The predicted molar refractivity (Wildman–Crippen MR) is 105 cm³/mol. The summed E-state index contributed by atoms with van der Waals surface area (Å²) in [7, 11) is 0. The number of rotatable bonds is 4. The van der Waals surface area contributed by atoms with Gasteiger partial charge in [-0.2, -0.15) is 13.2 Å². The van der Waals surface area contributed by atoms with Crippen LogP contribution >= 0.6 is 0 Å². The number of fused-ring (bicyclic) bond motifs is 1. The van der Waals surface area contributed by atoms with Crippen LogP contribution in [0.4, 0.5) is 24.8 Å². The van der Waals surface area contributed by atoms with Crippen LogP contribution in [0.25, 0.3) is 11.0 Å². The first kappa shape index (κ1) is 20.1. The summed E-state index contributed by atoms with van der Waals surface area (Å²) in [5, 5.41) is 3.40. The summed E-state index contributed by atoms with van der Waals surface area (Å²) in [6, 6.07) is 3.57. The van der Waals surface area contributed by atoms with Crippen molar-refractivity contribution in [2.45, 2.75) is 19.0 Å². The molecule has 3 aromatic rings. The first-order valence-electron chi connectivity index (χ1n) is 9.40. The number of carbonyl (C=O) groups is 1. The maximum atomic E-state index is 12.9. The van der Waals surface area contributed by atoms with E-state index in [-0.39, 0.29) is 12.4 Å². The van der Waals surface area contributed by atoms with Crippen LogP contribution in [0.1, 0.15) is 18.4 Å². The van der Waals surface area contributed by atoms with Gasteiger partial charge in [0.05, 0.1) is 16.4 Å². The number of halogens is 3. The number of nitrogens with zero attached hydrogens (tertiary/aromatic N) is 4. The Labute approximate surface area is 169 Å². The third-order valence-corrected chi connectivity index (χ3v) is 5.55.